The topological polar surface area (TPSA) is 76.9 Å². The first-order valence-electron chi connectivity index (χ1n) is 12.3. The summed E-state index contributed by atoms with van der Waals surface area (Å²) >= 11 is 0. The van der Waals surface area contributed by atoms with Gasteiger partial charge in [0.2, 0.25) is 6.10 Å². The molecule has 0 radical (unpaired) electrons. The van der Waals surface area contributed by atoms with Crippen LogP contribution in [0.5, 0.6) is 11.5 Å². The summed E-state index contributed by atoms with van der Waals surface area (Å²) in [7, 11) is 0. The number of likely N-dealkylation sites (tertiary alicyclic amines) is 1. The zero-order chi connectivity index (χ0) is 23.8. The van der Waals surface area contributed by atoms with E-state index in [0.29, 0.717) is 43.2 Å². The number of amides is 2. The summed E-state index contributed by atoms with van der Waals surface area (Å²) in [5.74, 6) is 1.07. The van der Waals surface area contributed by atoms with E-state index in [4.69, 9.17) is 14.6 Å². The van der Waals surface area contributed by atoms with Gasteiger partial charge in [-0.05, 0) is 30.5 Å². The van der Waals surface area contributed by atoms with Crippen molar-refractivity contribution in [1.82, 2.24) is 19.6 Å². The molecule has 3 aliphatic heterocycles. The highest BCUT2D eigenvalue weighted by atomic mass is 16.6. The molecule has 2 aromatic carbocycles. The highest BCUT2D eigenvalue weighted by Crippen LogP contribution is 2.32. The SMILES string of the molecule is O=C(c1nn(Cc2ccccc2)c2c1CN(C(=O)C1COc3ccccc3O1)CC2)N1CCCC1. The molecule has 1 atom stereocenters. The fraction of sp³-hybridized carbons (Fsp3) is 0.370. The molecule has 0 aliphatic carbocycles. The average molecular weight is 473 g/mol. The molecule has 8 nitrogen and oxygen atoms in total. The van der Waals surface area contributed by atoms with Crippen molar-refractivity contribution in [3.8, 4) is 11.5 Å². The molecule has 0 bridgehead atoms. The minimum atomic E-state index is -0.705. The van der Waals surface area contributed by atoms with Gasteiger partial charge in [-0.25, -0.2) is 0 Å². The van der Waals surface area contributed by atoms with E-state index < -0.39 is 6.10 Å². The molecule has 6 rings (SSSR count). The molecule has 4 heterocycles. The van der Waals surface area contributed by atoms with E-state index in [1.165, 1.54) is 0 Å². The van der Waals surface area contributed by atoms with E-state index in [2.05, 4.69) is 12.1 Å². The van der Waals surface area contributed by atoms with Crippen molar-refractivity contribution in [3.63, 3.8) is 0 Å². The predicted molar refractivity (Wildman–Crippen MR) is 128 cm³/mol. The molecule has 3 aromatic rings. The molecule has 0 spiro atoms. The van der Waals surface area contributed by atoms with Crippen LogP contribution in [-0.4, -0.2) is 63.7 Å². The summed E-state index contributed by atoms with van der Waals surface area (Å²) < 4.78 is 13.7. The van der Waals surface area contributed by atoms with Gasteiger partial charge in [0.25, 0.3) is 11.8 Å². The molecule has 1 saturated heterocycles. The largest absolute Gasteiger partial charge is 0.485 e. The van der Waals surface area contributed by atoms with Crippen molar-refractivity contribution in [2.45, 2.75) is 38.5 Å². The summed E-state index contributed by atoms with van der Waals surface area (Å²) in [6.45, 7) is 3.18. The van der Waals surface area contributed by atoms with Crippen LogP contribution in [0.4, 0.5) is 0 Å². The van der Waals surface area contributed by atoms with Crippen molar-refractivity contribution in [3.05, 3.63) is 77.1 Å². The lowest BCUT2D eigenvalue weighted by Crippen LogP contribution is -2.48. The van der Waals surface area contributed by atoms with Gasteiger partial charge in [0.15, 0.2) is 17.2 Å². The molecule has 35 heavy (non-hydrogen) atoms. The Labute approximate surface area is 204 Å². The van der Waals surface area contributed by atoms with E-state index in [-0.39, 0.29) is 18.4 Å². The Morgan fingerprint density at radius 2 is 1.66 bits per heavy atom. The Morgan fingerprint density at radius 1 is 0.914 bits per heavy atom. The van der Waals surface area contributed by atoms with Gasteiger partial charge in [0.05, 0.1) is 6.54 Å². The lowest BCUT2D eigenvalue weighted by molar-refractivity contribution is -0.142. The highest BCUT2D eigenvalue weighted by molar-refractivity contribution is 5.94. The predicted octanol–water partition coefficient (Wildman–Crippen LogP) is 2.89. The summed E-state index contributed by atoms with van der Waals surface area (Å²) in [6, 6.07) is 17.5. The maximum absolute atomic E-state index is 13.4. The average Bonchev–Trinajstić information content (AvgIpc) is 3.57. The fourth-order valence-corrected chi connectivity index (χ4v) is 5.15. The van der Waals surface area contributed by atoms with Crippen LogP contribution in [0.25, 0.3) is 0 Å². The number of carbonyl (C=O) groups excluding carboxylic acids is 2. The molecule has 2 amide bonds. The number of benzene rings is 2. The van der Waals surface area contributed by atoms with Crippen LogP contribution in [0.1, 0.15) is 40.2 Å². The first-order chi connectivity index (χ1) is 17.2. The maximum Gasteiger partial charge on any atom is 0.274 e. The lowest BCUT2D eigenvalue weighted by Gasteiger charge is -2.33. The van der Waals surface area contributed by atoms with Crippen LogP contribution < -0.4 is 9.47 Å². The number of para-hydroxylation sites is 2. The molecule has 0 saturated carbocycles. The van der Waals surface area contributed by atoms with Gasteiger partial charge in [-0.2, -0.15) is 5.10 Å². The first-order valence-corrected chi connectivity index (χ1v) is 12.3. The Bertz CT molecular complexity index is 1250. The maximum atomic E-state index is 13.4. The summed E-state index contributed by atoms with van der Waals surface area (Å²) in [6.07, 6.45) is 1.97. The minimum absolute atomic E-state index is 0.0361. The Hall–Kier alpha value is -3.81. The molecule has 1 unspecified atom stereocenters. The number of hydrogen-bond acceptors (Lipinski definition) is 5. The highest BCUT2D eigenvalue weighted by Gasteiger charge is 2.36. The van der Waals surface area contributed by atoms with Crippen molar-refractivity contribution in [2.75, 3.05) is 26.2 Å². The fourth-order valence-electron chi connectivity index (χ4n) is 5.15. The summed E-state index contributed by atoms with van der Waals surface area (Å²) in [5, 5.41) is 4.80. The molecule has 3 aliphatic rings. The molecule has 0 N–H and O–H groups in total. The number of rotatable bonds is 4. The van der Waals surface area contributed by atoms with E-state index in [1.54, 1.807) is 4.90 Å². The number of hydrogen-bond donors (Lipinski definition) is 0. The third-order valence-corrected chi connectivity index (χ3v) is 7.00. The molecular formula is C27H28N4O4. The van der Waals surface area contributed by atoms with Crippen LogP contribution in [-0.2, 0) is 24.3 Å². The third kappa shape index (κ3) is 4.13. The Kier molecular flexibility index (Phi) is 5.64. The Morgan fingerprint density at radius 3 is 2.46 bits per heavy atom. The van der Waals surface area contributed by atoms with Crippen molar-refractivity contribution in [2.24, 2.45) is 0 Å². The number of carbonyl (C=O) groups is 2. The number of aromatic nitrogens is 2. The molecule has 8 heteroatoms. The van der Waals surface area contributed by atoms with Crippen molar-refractivity contribution in [1.29, 1.82) is 0 Å². The van der Waals surface area contributed by atoms with Gasteiger partial charge in [-0.1, -0.05) is 42.5 Å². The quantitative estimate of drug-likeness (QED) is 0.584. The van der Waals surface area contributed by atoms with Crippen LogP contribution in [0.2, 0.25) is 0 Å². The zero-order valence-corrected chi connectivity index (χ0v) is 19.6. The van der Waals surface area contributed by atoms with E-state index in [9.17, 15) is 9.59 Å². The van der Waals surface area contributed by atoms with Crippen LogP contribution >= 0.6 is 0 Å². The van der Waals surface area contributed by atoms with E-state index in [0.717, 1.165) is 42.8 Å². The monoisotopic (exact) mass is 472 g/mol. The van der Waals surface area contributed by atoms with Gasteiger partial charge in [0.1, 0.15) is 6.61 Å². The number of nitrogens with zero attached hydrogens (tertiary/aromatic N) is 4. The number of ether oxygens (including phenoxy) is 2. The second-order valence-corrected chi connectivity index (χ2v) is 9.29. The normalized spacial score (nSPS) is 18.9. The second kappa shape index (κ2) is 9.09. The molecular weight excluding hydrogens is 444 g/mol. The summed E-state index contributed by atoms with van der Waals surface area (Å²) in [4.78, 5) is 30.5. The van der Waals surface area contributed by atoms with Crippen molar-refractivity contribution < 1.29 is 19.1 Å². The van der Waals surface area contributed by atoms with Gasteiger partial charge in [-0.15, -0.1) is 0 Å². The van der Waals surface area contributed by atoms with E-state index in [1.807, 2.05) is 52.0 Å². The lowest BCUT2D eigenvalue weighted by atomic mass is 10.0. The number of fused-ring (bicyclic) bond motifs is 2. The van der Waals surface area contributed by atoms with Gasteiger partial charge >= 0.3 is 0 Å². The minimum Gasteiger partial charge on any atom is -0.485 e. The third-order valence-electron chi connectivity index (χ3n) is 7.00. The molecule has 180 valence electrons. The van der Waals surface area contributed by atoms with Crippen molar-refractivity contribution >= 4 is 11.8 Å². The Balaban J connectivity index is 1.27. The van der Waals surface area contributed by atoms with Crippen LogP contribution in [0.3, 0.4) is 0 Å². The molecule has 1 aromatic heterocycles. The summed E-state index contributed by atoms with van der Waals surface area (Å²) in [5.41, 5.74) is 3.49. The first kappa shape index (κ1) is 21.7. The van der Waals surface area contributed by atoms with Crippen LogP contribution in [0.15, 0.2) is 54.6 Å². The van der Waals surface area contributed by atoms with Gasteiger partial charge in [0, 0.05) is 43.9 Å². The van der Waals surface area contributed by atoms with Crippen LogP contribution in [0, 0.1) is 0 Å². The van der Waals surface area contributed by atoms with E-state index >= 15 is 0 Å². The standard InChI is InChI=1S/C27H28N4O4/c32-26(24-18-34-22-10-4-5-11-23(22)35-24)30-15-12-21-20(17-30)25(27(33)29-13-6-7-14-29)28-31(21)16-19-8-2-1-3-9-19/h1-5,8-11,24H,6-7,12-18H2. The van der Waals surface area contributed by atoms with Gasteiger partial charge < -0.3 is 19.3 Å². The molecule has 1 fully saturated rings. The second-order valence-electron chi connectivity index (χ2n) is 9.29. The zero-order valence-electron chi connectivity index (χ0n) is 19.6. The smallest absolute Gasteiger partial charge is 0.274 e. The van der Waals surface area contributed by atoms with Gasteiger partial charge in [-0.3, -0.25) is 14.3 Å².